The number of hydrogen-bond acceptors (Lipinski definition) is 4. The SMILES string of the molecule is CCNC(=O)C(C)N(Cc1ccccc1)C(=O)Cc1ccc(OC)c(OC)c1. The van der Waals surface area contributed by atoms with Crippen LogP contribution in [0.25, 0.3) is 0 Å². The third-order valence-corrected chi connectivity index (χ3v) is 4.52. The largest absolute Gasteiger partial charge is 0.493 e. The van der Waals surface area contributed by atoms with Gasteiger partial charge in [0.1, 0.15) is 6.04 Å². The second-order valence-electron chi connectivity index (χ2n) is 6.44. The predicted molar refractivity (Wildman–Crippen MR) is 108 cm³/mol. The highest BCUT2D eigenvalue weighted by atomic mass is 16.5. The molecule has 28 heavy (non-hydrogen) atoms. The second-order valence-corrected chi connectivity index (χ2v) is 6.44. The van der Waals surface area contributed by atoms with E-state index >= 15 is 0 Å². The summed E-state index contributed by atoms with van der Waals surface area (Å²) in [4.78, 5) is 27.1. The van der Waals surface area contributed by atoms with Crippen LogP contribution in [0.2, 0.25) is 0 Å². The van der Waals surface area contributed by atoms with Gasteiger partial charge in [0.05, 0.1) is 20.6 Å². The van der Waals surface area contributed by atoms with E-state index in [0.717, 1.165) is 11.1 Å². The first-order chi connectivity index (χ1) is 13.5. The van der Waals surface area contributed by atoms with Crippen molar-refractivity contribution < 1.29 is 19.1 Å². The van der Waals surface area contributed by atoms with Crippen LogP contribution in [0.3, 0.4) is 0 Å². The second kappa shape index (κ2) is 10.3. The number of carbonyl (C=O) groups is 2. The van der Waals surface area contributed by atoms with Crippen LogP contribution in [-0.4, -0.2) is 43.5 Å². The molecule has 1 unspecified atom stereocenters. The van der Waals surface area contributed by atoms with Gasteiger partial charge < -0.3 is 19.7 Å². The Morgan fingerprint density at radius 2 is 1.68 bits per heavy atom. The number of nitrogens with one attached hydrogen (secondary N) is 1. The average molecular weight is 384 g/mol. The van der Waals surface area contributed by atoms with Gasteiger partial charge in [0.15, 0.2) is 11.5 Å². The first-order valence-electron chi connectivity index (χ1n) is 9.32. The molecule has 0 saturated carbocycles. The Balaban J connectivity index is 2.23. The zero-order valence-corrected chi connectivity index (χ0v) is 16.9. The topological polar surface area (TPSA) is 67.9 Å². The molecule has 1 N–H and O–H groups in total. The molecule has 0 spiro atoms. The summed E-state index contributed by atoms with van der Waals surface area (Å²) < 4.78 is 10.6. The zero-order chi connectivity index (χ0) is 20.5. The first-order valence-corrected chi connectivity index (χ1v) is 9.32. The molecule has 0 fully saturated rings. The monoisotopic (exact) mass is 384 g/mol. The molecular weight excluding hydrogens is 356 g/mol. The van der Waals surface area contributed by atoms with Gasteiger partial charge in [-0.05, 0) is 37.1 Å². The van der Waals surface area contributed by atoms with Crippen LogP contribution < -0.4 is 14.8 Å². The summed E-state index contributed by atoms with van der Waals surface area (Å²) in [6.07, 6.45) is 0.164. The van der Waals surface area contributed by atoms with E-state index in [2.05, 4.69) is 5.32 Å². The number of methoxy groups -OCH3 is 2. The quantitative estimate of drug-likeness (QED) is 0.722. The molecule has 2 aromatic carbocycles. The van der Waals surface area contributed by atoms with Crippen molar-refractivity contribution in [1.29, 1.82) is 0 Å². The number of amides is 2. The summed E-state index contributed by atoms with van der Waals surface area (Å²) in [5, 5.41) is 2.79. The Morgan fingerprint density at radius 3 is 2.29 bits per heavy atom. The fraction of sp³-hybridized carbons (Fsp3) is 0.364. The number of likely N-dealkylation sites (N-methyl/N-ethyl adjacent to an activating group) is 1. The summed E-state index contributed by atoms with van der Waals surface area (Å²) in [7, 11) is 3.13. The maximum absolute atomic E-state index is 13.1. The molecule has 0 saturated heterocycles. The Morgan fingerprint density at radius 1 is 1.00 bits per heavy atom. The van der Waals surface area contributed by atoms with Gasteiger partial charge in [-0.25, -0.2) is 0 Å². The number of ether oxygens (including phenoxy) is 2. The van der Waals surface area contributed by atoms with Gasteiger partial charge >= 0.3 is 0 Å². The van der Waals surface area contributed by atoms with Crippen LogP contribution in [0.1, 0.15) is 25.0 Å². The van der Waals surface area contributed by atoms with Gasteiger partial charge in [-0.3, -0.25) is 9.59 Å². The molecule has 0 aliphatic rings. The number of carbonyl (C=O) groups excluding carboxylic acids is 2. The average Bonchev–Trinajstić information content (AvgIpc) is 2.72. The minimum absolute atomic E-state index is 0.130. The highest BCUT2D eigenvalue weighted by molar-refractivity contribution is 5.88. The molecule has 2 rings (SSSR count). The Kier molecular flexibility index (Phi) is 7.87. The van der Waals surface area contributed by atoms with Gasteiger partial charge in [0, 0.05) is 13.1 Å². The molecule has 150 valence electrons. The van der Waals surface area contributed by atoms with E-state index < -0.39 is 6.04 Å². The lowest BCUT2D eigenvalue weighted by Crippen LogP contribution is -2.48. The summed E-state index contributed by atoms with van der Waals surface area (Å²) in [6, 6.07) is 14.5. The van der Waals surface area contributed by atoms with Crippen molar-refractivity contribution in [3.63, 3.8) is 0 Å². The predicted octanol–water partition coefficient (Wildman–Crippen LogP) is 2.80. The molecule has 2 aromatic rings. The molecule has 1 atom stereocenters. The maximum Gasteiger partial charge on any atom is 0.242 e. The lowest BCUT2D eigenvalue weighted by Gasteiger charge is -2.29. The van der Waals surface area contributed by atoms with Crippen LogP contribution in [0.5, 0.6) is 11.5 Å². The molecule has 0 aromatic heterocycles. The van der Waals surface area contributed by atoms with Gasteiger partial charge in [-0.1, -0.05) is 36.4 Å². The lowest BCUT2D eigenvalue weighted by molar-refractivity contribution is -0.140. The van der Waals surface area contributed by atoms with Crippen LogP contribution in [-0.2, 0) is 22.6 Å². The Hall–Kier alpha value is -3.02. The minimum atomic E-state index is -0.576. The number of hydrogen-bond donors (Lipinski definition) is 1. The molecular formula is C22H28N2O4. The molecule has 0 bridgehead atoms. The third-order valence-electron chi connectivity index (χ3n) is 4.52. The zero-order valence-electron chi connectivity index (χ0n) is 16.9. The van der Waals surface area contributed by atoms with Crippen LogP contribution in [0.4, 0.5) is 0 Å². The summed E-state index contributed by atoms with van der Waals surface area (Å²) in [6.45, 7) is 4.50. The summed E-state index contributed by atoms with van der Waals surface area (Å²) >= 11 is 0. The van der Waals surface area contributed by atoms with Crippen LogP contribution in [0.15, 0.2) is 48.5 Å². The minimum Gasteiger partial charge on any atom is -0.493 e. The summed E-state index contributed by atoms with van der Waals surface area (Å²) in [5.41, 5.74) is 1.77. The Bertz CT molecular complexity index is 792. The van der Waals surface area contributed by atoms with E-state index in [4.69, 9.17) is 9.47 Å². The fourth-order valence-corrected chi connectivity index (χ4v) is 2.95. The third kappa shape index (κ3) is 5.49. The van der Waals surface area contributed by atoms with E-state index in [9.17, 15) is 9.59 Å². The van der Waals surface area contributed by atoms with Crippen molar-refractivity contribution in [3.05, 3.63) is 59.7 Å². The number of nitrogens with zero attached hydrogens (tertiary/aromatic N) is 1. The standard InChI is InChI=1S/C22H28N2O4/c1-5-23-22(26)16(2)24(15-17-9-7-6-8-10-17)21(25)14-18-11-12-19(27-3)20(13-18)28-4/h6-13,16H,5,14-15H2,1-4H3,(H,23,26). The summed E-state index contributed by atoms with van der Waals surface area (Å²) in [5.74, 6) is 0.878. The van der Waals surface area contributed by atoms with Crippen molar-refractivity contribution in [2.75, 3.05) is 20.8 Å². The van der Waals surface area contributed by atoms with E-state index in [0.29, 0.717) is 24.6 Å². The van der Waals surface area contributed by atoms with E-state index in [1.165, 1.54) is 0 Å². The van der Waals surface area contributed by atoms with Gasteiger partial charge in [-0.2, -0.15) is 0 Å². The molecule has 6 heteroatoms. The van der Waals surface area contributed by atoms with Gasteiger partial charge in [0.2, 0.25) is 11.8 Å². The van der Waals surface area contributed by atoms with Gasteiger partial charge in [-0.15, -0.1) is 0 Å². The lowest BCUT2D eigenvalue weighted by atomic mass is 10.1. The molecule has 0 radical (unpaired) electrons. The fourth-order valence-electron chi connectivity index (χ4n) is 2.95. The van der Waals surface area contributed by atoms with Crippen LogP contribution >= 0.6 is 0 Å². The van der Waals surface area contributed by atoms with Gasteiger partial charge in [0.25, 0.3) is 0 Å². The van der Waals surface area contributed by atoms with E-state index in [1.807, 2.05) is 43.3 Å². The maximum atomic E-state index is 13.1. The smallest absolute Gasteiger partial charge is 0.242 e. The normalized spacial score (nSPS) is 11.4. The molecule has 0 heterocycles. The van der Waals surface area contributed by atoms with E-state index in [-0.39, 0.29) is 18.2 Å². The number of rotatable bonds is 9. The van der Waals surface area contributed by atoms with Crippen molar-refractivity contribution in [1.82, 2.24) is 10.2 Å². The molecule has 0 aliphatic carbocycles. The van der Waals surface area contributed by atoms with Crippen molar-refractivity contribution in [2.45, 2.75) is 32.9 Å². The van der Waals surface area contributed by atoms with Crippen molar-refractivity contribution in [2.24, 2.45) is 0 Å². The molecule has 0 aliphatic heterocycles. The van der Waals surface area contributed by atoms with Crippen molar-refractivity contribution in [3.8, 4) is 11.5 Å². The van der Waals surface area contributed by atoms with E-state index in [1.54, 1.807) is 38.2 Å². The molecule has 6 nitrogen and oxygen atoms in total. The first kappa shape index (κ1) is 21.3. The Labute approximate surface area is 166 Å². The highest BCUT2D eigenvalue weighted by Crippen LogP contribution is 2.28. The molecule has 2 amide bonds. The number of benzene rings is 2. The van der Waals surface area contributed by atoms with Crippen LogP contribution in [0, 0.1) is 0 Å². The van der Waals surface area contributed by atoms with Crippen molar-refractivity contribution >= 4 is 11.8 Å². The highest BCUT2D eigenvalue weighted by Gasteiger charge is 2.26.